The second-order valence-corrected chi connectivity index (χ2v) is 12.3. The number of benzene rings is 3. The van der Waals surface area contributed by atoms with Crippen LogP contribution in [0.3, 0.4) is 0 Å². The Morgan fingerprint density at radius 3 is 2.15 bits per heavy atom. The van der Waals surface area contributed by atoms with E-state index in [2.05, 4.69) is 24.0 Å². The second kappa shape index (κ2) is 12.5. The average molecular weight is 569 g/mol. The highest BCUT2D eigenvalue weighted by Crippen LogP contribution is 2.53. The molecule has 2 atom stereocenters. The molecule has 1 aliphatic rings. The van der Waals surface area contributed by atoms with Crippen molar-refractivity contribution in [2.45, 2.75) is 18.4 Å². The number of ether oxygens (including phenoxy) is 2. The number of amides is 1. The zero-order valence-electron chi connectivity index (χ0n) is 21.7. The lowest BCUT2D eigenvalue weighted by molar-refractivity contribution is -0.144. The zero-order valence-corrected chi connectivity index (χ0v) is 23.4. The zero-order chi connectivity index (χ0) is 28.0. The van der Waals surface area contributed by atoms with E-state index in [1.165, 1.54) is 10.7 Å². The number of nitrogens with zero attached hydrogens (tertiary/aromatic N) is 1. The van der Waals surface area contributed by atoms with Crippen LogP contribution in [0.4, 0.5) is 4.79 Å². The van der Waals surface area contributed by atoms with Crippen LogP contribution >= 0.6 is 18.1 Å². The van der Waals surface area contributed by atoms with Crippen LogP contribution in [0.25, 0.3) is 11.1 Å². The molecule has 0 aliphatic heterocycles. The van der Waals surface area contributed by atoms with Gasteiger partial charge in [0.15, 0.2) is 0 Å². The molecule has 0 heterocycles. The summed E-state index contributed by atoms with van der Waals surface area (Å²) in [6.07, 6.45) is 0.849. The van der Waals surface area contributed by atoms with E-state index in [-0.39, 0.29) is 25.6 Å². The number of fused-ring (bicyclic) bond motifs is 3. The molecule has 1 amide bonds. The number of rotatable bonds is 11. The number of esters is 1. The van der Waals surface area contributed by atoms with Crippen LogP contribution in [0.15, 0.2) is 85.5 Å². The maximum atomic E-state index is 12.8. The minimum absolute atomic E-state index is 0.00399. The second-order valence-electron chi connectivity index (χ2n) is 9.18. The fourth-order valence-electron chi connectivity index (χ4n) is 4.35. The van der Waals surface area contributed by atoms with E-state index in [0.717, 1.165) is 22.3 Å². The van der Waals surface area contributed by atoms with E-state index in [4.69, 9.17) is 25.2 Å². The highest BCUT2D eigenvalue weighted by molar-refractivity contribution is 7.83. The molecule has 0 aromatic heterocycles. The minimum Gasteiger partial charge on any atom is -0.460 e. The van der Waals surface area contributed by atoms with Gasteiger partial charge in [-0.1, -0.05) is 73.3 Å². The Hall–Kier alpha value is -3.58. The van der Waals surface area contributed by atoms with Crippen molar-refractivity contribution < 1.29 is 28.2 Å². The lowest BCUT2D eigenvalue weighted by atomic mass is 9.98. The third kappa shape index (κ3) is 6.90. The molecule has 0 spiro atoms. The van der Waals surface area contributed by atoms with Gasteiger partial charge in [0.1, 0.15) is 25.0 Å². The average Bonchev–Trinajstić information content (AvgIpc) is 3.24. The molecule has 4 rings (SSSR count). The molecule has 39 heavy (non-hydrogen) atoms. The quantitative estimate of drug-likeness (QED) is 0.168. The number of halogens is 1. The Morgan fingerprint density at radius 1 is 1.00 bits per heavy atom. The van der Waals surface area contributed by atoms with E-state index in [0.29, 0.717) is 11.3 Å². The molecular formula is C29H30ClN2O6P. The molecule has 0 fully saturated rings. The largest absolute Gasteiger partial charge is 0.460 e. The predicted molar refractivity (Wildman–Crippen MR) is 151 cm³/mol. The monoisotopic (exact) mass is 568 g/mol. The Morgan fingerprint density at radius 2 is 1.59 bits per heavy atom. The van der Waals surface area contributed by atoms with Crippen molar-refractivity contribution in [3.63, 3.8) is 0 Å². The van der Waals surface area contributed by atoms with E-state index < -0.39 is 25.0 Å². The lowest BCUT2D eigenvalue weighted by Gasteiger charge is -2.20. The van der Waals surface area contributed by atoms with Gasteiger partial charge >= 0.3 is 18.9 Å². The number of carbonyl (C=O) groups is 2. The van der Waals surface area contributed by atoms with Crippen LogP contribution in [0.5, 0.6) is 5.75 Å². The molecule has 3 aromatic carbocycles. The maximum absolute atomic E-state index is 12.8. The molecule has 0 saturated carbocycles. The van der Waals surface area contributed by atoms with Gasteiger partial charge in [0.05, 0.1) is 0 Å². The first-order valence-corrected chi connectivity index (χ1v) is 14.8. The van der Waals surface area contributed by atoms with Gasteiger partial charge in [0.2, 0.25) is 0 Å². The van der Waals surface area contributed by atoms with E-state index in [9.17, 15) is 14.2 Å². The van der Waals surface area contributed by atoms with Crippen LogP contribution in [0.1, 0.15) is 22.6 Å². The summed E-state index contributed by atoms with van der Waals surface area (Å²) in [5.41, 5.74) is 5.13. The van der Waals surface area contributed by atoms with Crippen molar-refractivity contribution in [1.82, 2.24) is 9.99 Å². The van der Waals surface area contributed by atoms with Crippen LogP contribution in [-0.2, 0) is 25.3 Å². The highest BCUT2D eigenvalue weighted by atomic mass is 35.7. The summed E-state index contributed by atoms with van der Waals surface area (Å²) < 4.78 is 29.8. The van der Waals surface area contributed by atoms with Crippen LogP contribution in [-0.4, -0.2) is 50.1 Å². The molecule has 10 heteroatoms. The highest BCUT2D eigenvalue weighted by Gasteiger charge is 2.30. The summed E-state index contributed by atoms with van der Waals surface area (Å²) in [5, 5.41) is 2.64. The van der Waals surface area contributed by atoms with Crippen LogP contribution in [0, 0.1) is 0 Å². The summed E-state index contributed by atoms with van der Waals surface area (Å²) in [6.45, 7) is 0.193. The molecule has 0 saturated heterocycles. The number of alkyl carbamates (subject to hydrolysis) is 1. The van der Waals surface area contributed by atoms with Crippen LogP contribution in [0.2, 0.25) is 0 Å². The van der Waals surface area contributed by atoms with Gasteiger partial charge in [0.25, 0.3) is 0 Å². The topological polar surface area (TPSA) is 94.2 Å². The van der Waals surface area contributed by atoms with Gasteiger partial charge in [0, 0.05) is 23.6 Å². The molecular weight excluding hydrogens is 539 g/mol. The standard InChI is InChI=1S/C29H30ClN2O6P/c1-4-17-36-28(33)27(18-20-13-15-21(16-14-20)38-39(30,35)32(2)3)31-29(34)37-19-26-24-11-7-5-9-22(24)23-10-6-8-12-25(23)26/h4-16,26-27H,1,17-19H2,2-3H3,(H,31,34). The smallest absolute Gasteiger partial charge is 0.411 e. The molecule has 1 N–H and O–H groups in total. The summed E-state index contributed by atoms with van der Waals surface area (Å²) in [7, 11) is 3.10. The predicted octanol–water partition coefficient (Wildman–Crippen LogP) is 6.15. The number of hydrogen-bond acceptors (Lipinski definition) is 6. The Bertz CT molecular complexity index is 1350. The first-order chi connectivity index (χ1) is 18.7. The Kier molecular flexibility index (Phi) is 9.12. The van der Waals surface area contributed by atoms with Crippen LogP contribution < -0.4 is 9.84 Å². The molecule has 8 nitrogen and oxygen atoms in total. The van der Waals surface area contributed by atoms with E-state index >= 15 is 0 Å². The van der Waals surface area contributed by atoms with Gasteiger partial charge in [-0.15, -0.1) is 0 Å². The third-order valence-corrected chi connectivity index (χ3v) is 8.83. The number of hydrogen-bond donors (Lipinski definition) is 1. The maximum Gasteiger partial charge on any atom is 0.411 e. The Labute approximate surface area is 232 Å². The van der Waals surface area contributed by atoms with Crippen molar-refractivity contribution in [2.24, 2.45) is 0 Å². The van der Waals surface area contributed by atoms with E-state index in [1.54, 1.807) is 38.4 Å². The van der Waals surface area contributed by atoms with Gasteiger partial charge in [-0.25, -0.2) is 18.8 Å². The van der Waals surface area contributed by atoms with Crippen molar-refractivity contribution in [2.75, 3.05) is 27.3 Å². The van der Waals surface area contributed by atoms with Gasteiger partial charge in [-0.2, -0.15) is 0 Å². The normalized spacial score (nSPS) is 14.5. The SMILES string of the molecule is C=CCOC(=O)C(Cc1ccc(OP(=O)(Cl)N(C)C)cc1)NC(=O)OCC1c2ccccc2-c2ccccc21. The van der Waals surface area contributed by atoms with E-state index in [1.807, 2.05) is 36.4 Å². The molecule has 0 radical (unpaired) electrons. The summed E-state index contributed by atoms with van der Waals surface area (Å²) in [6, 6.07) is 21.6. The number of nitrogens with one attached hydrogen (secondary N) is 1. The third-order valence-electron chi connectivity index (χ3n) is 6.32. The molecule has 3 aromatic rings. The molecule has 204 valence electrons. The fourth-order valence-corrected chi connectivity index (χ4v) is 5.14. The Balaban J connectivity index is 1.42. The van der Waals surface area contributed by atoms with Gasteiger partial charge < -0.3 is 19.3 Å². The van der Waals surface area contributed by atoms with Crippen molar-refractivity contribution in [1.29, 1.82) is 0 Å². The molecule has 2 unspecified atom stereocenters. The van der Waals surface area contributed by atoms with Crippen molar-refractivity contribution in [3.05, 3.63) is 102 Å². The summed E-state index contributed by atoms with van der Waals surface area (Å²) >= 11 is 5.94. The molecule has 0 bridgehead atoms. The minimum atomic E-state index is -3.49. The van der Waals surface area contributed by atoms with Crippen molar-refractivity contribution in [3.8, 4) is 16.9 Å². The lowest BCUT2D eigenvalue weighted by Crippen LogP contribution is -2.44. The van der Waals surface area contributed by atoms with Crippen molar-refractivity contribution >= 4 is 30.2 Å². The van der Waals surface area contributed by atoms with Gasteiger partial charge in [-0.05, 0) is 54.0 Å². The first kappa shape index (κ1) is 28.4. The van der Waals surface area contributed by atoms with Gasteiger partial charge in [-0.3, -0.25) is 0 Å². The first-order valence-electron chi connectivity index (χ1n) is 12.3. The summed E-state index contributed by atoms with van der Waals surface area (Å²) in [5.74, 6) is -0.426. The fraction of sp³-hybridized carbons (Fsp3) is 0.241. The summed E-state index contributed by atoms with van der Waals surface area (Å²) in [4.78, 5) is 25.6. The number of carbonyl (C=O) groups excluding carboxylic acids is 2. The molecule has 1 aliphatic carbocycles.